The van der Waals surface area contributed by atoms with Crippen molar-refractivity contribution in [1.82, 2.24) is 10.2 Å². The molecule has 0 bridgehead atoms. The first-order valence-electron chi connectivity index (χ1n) is 6.84. The van der Waals surface area contributed by atoms with E-state index in [1.807, 2.05) is 7.05 Å². The molecular weight excluding hydrogens is 248 g/mol. The summed E-state index contributed by atoms with van der Waals surface area (Å²) in [6.07, 6.45) is 2.41. The van der Waals surface area contributed by atoms with Crippen molar-refractivity contribution in [2.24, 2.45) is 5.92 Å². The minimum absolute atomic E-state index is 0.262. The van der Waals surface area contributed by atoms with Crippen LogP contribution in [0, 0.1) is 5.92 Å². The van der Waals surface area contributed by atoms with Crippen molar-refractivity contribution in [2.45, 2.75) is 38.4 Å². The van der Waals surface area contributed by atoms with Gasteiger partial charge in [0.05, 0.1) is 10.5 Å². The van der Waals surface area contributed by atoms with Gasteiger partial charge < -0.3 is 10.2 Å². The second-order valence-corrected chi connectivity index (χ2v) is 9.25. The van der Waals surface area contributed by atoms with Crippen LogP contribution in [0.1, 0.15) is 33.6 Å². The second kappa shape index (κ2) is 6.35. The van der Waals surface area contributed by atoms with E-state index in [9.17, 15) is 8.42 Å². The summed E-state index contributed by atoms with van der Waals surface area (Å²) in [6, 6.07) is 0. The quantitative estimate of drug-likeness (QED) is 0.818. The predicted molar refractivity (Wildman–Crippen MR) is 76.6 cm³/mol. The standard InChI is InChI=1S/C13H28N2O2S/c1-13(2,3)18(16,17)10-9-15(4)11-12-5-7-14-8-6-12/h12,14H,5-11H2,1-4H3. The molecule has 18 heavy (non-hydrogen) atoms. The zero-order valence-corrected chi connectivity index (χ0v) is 13.0. The van der Waals surface area contributed by atoms with Crippen LogP contribution in [0.15, 0.2) is 0 Å². The third-order valence-electron chi connectivity index (χ3n) is 3.70. The molecule has 0 unspecified atom stereocenters. The monoisotopic (exact) mass is 276 g/mol. The molecule has 0 aromatic carbocycles. The van der Waals surface area contributed by atoms with Gasteiger partial charge in [0.15, 0.2) is 9.84 Å². The normalized spacial score (nSPS) is 19.4. The van der Waals surface area contributed by atoms with Gasteiger partial charge in [-0.25, -0.2) is 8.42 Å². The van der Waals surface area contributed by atoms with Crippen LogP contribution < -0.4 is 5.32 Å². The smallest absolute Gasteiger partial charge is 0.156 e. The maximum Gasteiger partial charge on any atom is 0.156 e. The molecule has 1 aliphatic rings. The SMILES string of the molecule is CN(CCS(=O)(=O)C(C)(C)C)CC1CCNCC1. The fraction of sp³-hybridized carbons (Fsp3) is 1.00. The van der Waals surface area contributed by atoms with Crippen molar-refractivity contribution in [3.05, 3.63) is 0 Å². The molecule has 1 saturated heterocycles. The summed E-state index contributed by atoms with van der Waals surface area (Å²) in [4.78, 5) is 2.17. The average Bonchev–Trinajstić information content (AvgIpc) is 2.26. The average molecular weight is 276 g/mol. The van der Waals surface area contributed by atoms with Gasteiger partial charge in [0, 0.05) is 13.1 Å². The molecule has 4 nitrogen and oxygen atoms in total. The highest BCUT2D eigenvalue weighted by Crippen LogP contribution is 2.17. The molecule has 1 heterocycles. The summed E-state index contributed by atoms with van der Waals surface area (Å²) in [5.74, 6) is 0.978. The number of sulfone groups is 1. The molecule has 108 valence electrons. The van der Waals surface area contributed by atoms with Gasteiger partial charge in [-0.2, -0.15) is 0 Å². The Labute approximate surface area is 112 Å². The summed E-state index contributed by atoms with van der Waals surface area (Å²) < 4.78 is 23.4. The van der Waals surface area contributed by atoms with E-state index in [1.54, 1.807) is 20.8 Å². The van der Waals surface area contributed by atoms with Crippen molar-refractivity contribution in [3.8, 4) is 0 Å². The summed E-state index contributed by atoms with van der Waals surface area (Å²) >= 11 is 0. The maximum atomic E-state index is 12.0. The minimum atomic E-state index is -2.99. The number of hydrogen-bond acceptors (Lipinski definition) is 4. The van der Waals surface area contributed by atoms with Crippen molar-refractivity contribution in [1.29, 1.82) is 0 Å². The van der Waals surface area contributed by atoms with Crippen LogP contribution in [-0.4, -0.2) is 57.0 Å². The summed E-state index contributed by atoms with van der Waals surface area (Å²) in [5, 5.41) is 3.35. The van der Waals surface area contributed by atoms with E-state index in [0.717, 1.165) is 19.6 Å². The molecule has 0 spiro atoms. The van der Waals surface area contributed by atoms with Gasteiger partial charge in [0.1, 0.15) is 0 Å². The molecule has 0 atom stereocenters. The Balaban J connectivity index is 2.34. The van der Waals surface area contributed by atoms with Crippen molar-refractivity contribution in [3.63, 3.8) is 0 Å². The van der Waals surface area contributed by atoms with Crippen LogP contribution >= 0.6 is 0 Å². The molecule has 1 N–H and O–H groups in total. The Hall–Kier alpha value is -0.130. The molecule has 0 amide bonds. The van der Waals surface area contributed by atoms with E-state index in [1.165, 1.54) is 12.8 Å². The Morgan fingerprint density at radius 2 is 1.78 bits per heavy atom. The summed E-state index contributed by atoms with van der Waals surface area (Å²) in [6.45, 7) is 9.17. The predicted octanol–water partition coefficient (Wildman–Crippen LogP) is 1.13. The van der Waals surface area contributed by atoms with Gasteiger partial charge in [-0.1, -0.05) is 0 Å². The van der Waals surface area contributed by atoms with Gasteiger partial charge in [-0.15, -0.1) is 0 Å². The first-order chi connectivity index (χ1) is 8.22. The van der Waals surface area contributed by atoms with Gasteiger partial charge in [-0.3, -0.25) is 0 Å². The summed E-state index contributed by atoms with van der Waals surface area (Å²) in [7, 11) is -0.960. The fourth-order valence-electron chi connectivity index (χ4n) is 2.18. The highest BCUT2D eigenvalue weighted by molar-refractivity contribution is 7.92. The topological polar surface area (TPSA) is 49.4 Å². The van der Waals surface area contributed by atoms with Gasteiger partial charge in [-0.05, 0) is 59.7 Å². The molecule has 5 heteroatoms. The highest BCUT2D eigenvalue weighted by atomic mass is 32.2. The Bertz CT molecular complexity index is 340. The Morgan fingerprint density at radius 3 is 2.28 bits per heavy atom. The van der Waals surface area contributed by atoms with Gasteiger partial charge in [0.25, 0.3) is 0 Å². The summed E-state index contributed by atoms with van der Waals surface area (Å²) in [5.41, 5.74) is 0. The molecule has 1 rings (SSSR count). The molecule has 1 fully saturated rings. The Morgan fingerprint density at radius 1 is 1.22 bits per heavy atom. The molecule has 0 aliphatic carbocycles. The van der Waals surface area contributed by atoms with E-state index >= 15 is 0 Å². The number of hydrogen-bond donors (Lipinski definition) is 1. The van der Waals surface area contributed by atoms with Crippen LogP contribution in [0.25, 0.3) is 0 Å². The lowest BCUT2D eigenvalue weighted by Gasteiger charge is -2.28. The lowest BCUT2D eigenvalue weighted by Crippen LogP contribution is -2.38. The first kappa shape index (κ1) is 15.9. The van der Waals surface area contributed by atoms with E-state index < -0.39 is 14.6 Å². The highest BCUT2D eigenvalue weighted by Gasteiger charge is 2.28. The van der Waals surface area contributed by atoms with Crippen molar-refractivity contribution in [2.75, 3.05) is 39.0 Å². The first-order valence-corrected chi connectivity index (χ1v) is 8.49. The van der Waals surface area contributed by atoms with Gasteiger partial charge >= 0.3 is 0 Å². The number of rotatable bonds is 5. The maximum absolute atomic E-state index is 12.0. The van der Waals surface area contributed by atoms with Crippen molar-refractivity contribution < 1.29 is 8.42 Å². The van der Waals surface area contributed by atoms with Crippen LogP contribution in [0.3, 0.4) is 0 Å². The largest absolute Gasteiger partial charge is 0.317 e. The molecular formula is C13H28N2O2S. The van der Waals surface area contributed by atoms with Crippen LogP contribution in [0.5, 0.6) is 0 Å². The van der Waals surface area contributed by atoms with Crippen LogP contribution in [0.4, 0.5) is 0 Å². The van der Waals surface area contributed by atoms with Crippen LogP contribution in [0.2, 0.25) is 0 Å². The zero-order chi connectivity index (χ0) is 13.8. The van der Waals surface area contributed by atoms with E-state index in [-0.39, 0.29) is 5.75 Å². The molecule has 0 radical (unpaired) electrons. The number of piperidine rings is 1. The molecule has 1 aliphatic heterocycles. The van der Waals surface area contributed by atoms with E-state index in [4.69, 9.17) is 0 Å². The molecule has 0 saturated carbocycles. The third kappa shape index (κ3) is 4.86. The van der Waals surface area contributed by atoms with E-state index in [2.05, 4.69) is 10.2 Å². The Kier molecular flexibility index (Phi) is 5.62. The number of nitrogens with one attached hydrogen (secondary N) is 1. The molecule has 0 aromatic heterocycles. The lowest BCUT2D eigenvalue weighted by atomic mass is 9.98. The van der Waals surface area contributed by atoms with Gasteiger partial charge in [0.2, 0.25) is 0 Å². The second-order valence-electron chi connectivity index (χ2n) is 6.39. The fourth-order valence-corrected chi connectivity index (χ4v) is 3.34. The third-order valence-corrected chi connectivity index (χ3v) is 6.29. The zero-order valence-electron chi connectivity index (χ0n) is 12.2. The van der Waals surface area contributed by atoms with E-state index in [0.29, 0.717) is 12.5 Å². The van der Waals surface area contributed by atoms with Crippen molar-refractivity contribution >= 4 is 9.84 Å². The van der Waals surface area contributed by atoms with Crippen LogP contribution in [-0.2, 0) is 9.84 Å². The lowest BCUT2D eigenvalue weighted by molar-refractivity contribution is 0.249. The molecule has 0 aromatic rings. The minimum Gasteiger partial charge on any atom is -0.317 e. The number of nitrogens with zero attached hydrogens (tertiary/aromatic N) is 1.